The Morgan fingerprint density at radius 1 is 1.24 bits per heavy atom. The zero-order valence-corrected chi connectivity index (χ0v) is 11.1. The van der Waals surface area contributed by atoms with Gasteiger partial charge in [-0.05, 0) is 18.2 Å². The molecule has 0 aliphatic heterocycles. The lowest BCUT2D eigenvalue weighted by molar-refractivity contribution is -0.384. The van der Waals surface area contributed by atoms with Gasteiger partial charge in [0.25, 0.3) is 5.69 Å². The molecule has 110 valence electrons. The van der Waals surface area contributed by atoms with Crippen molar-refractivity contribution in [1.82, 2.24) is 5.32 Å². The Morgan fingerprint density at radius 3 is 2.38 bits per heavy atom. The second-order valence-electron chi connectivity index (χ2n) is 3.80. The van der Waals surface area contributed by atoms with Crippen LogP contribution in [-0.4, -0.2) is 36.2 Å². The standard InChI is InChI=1S/C13H12N2O6/c1-21-13(18)8-14-12(17)7-6-11(16)9-2-4-10(5-3-9)15(19)20/h2-7H,8H2,1H3,(H,14,17)/b7-6+. The van der Waals surface area contributed by atoms with Crippen molar-refractivity contribution < 1.29 is 24.0 Å². The van der Waals surface area contributed by atoms with Crippen molar-refractivity contribution in [3.8, 4) is 0 Å². The summed E-state index contributed by atoms with van der Waals surface area (Å²) in [5.74, 6) is -1.73. The number of carbonyl (C=O) groups is 3. The number of hydrogen-bond acceptors (Lipinski definition) is 6. The van der Waals surface area contributed by atoms with E-state index in [2.05, 4.69) is 10.1 Å². The molecule has 0 aliphatic rings. The van der Waals surface area contributed by atoms with Gasteiger partial charge in [0, 0.05) is 23.8 Å². The van der Waals surface area contributed by atoms with Crippen LogP contribution in [0.2, 0.25) is 0 Å². The van der Waals surface area contributed by atoms with Gasteiger partial charge in [-0.1, -0.05) is 0 Å². The molecule has 8 heteroatoms. The van der Waals surface area contributed by atoms with Crippen LogP contribution in [0.5, 0.6) is 0 Å². The average molecular weight is 292 g/mol. The van der Waals surface area contributed by atoms with Crippen molar-refractivity contribution in [2.75, 3.05) is 13.7 Å². The predicted molar refractivity (Wildman–Crippen MR) is 71.6 cm³/mol. The van der Waals surface area contributed by atoms with Crippen LogP contribution in [0.25, 0.3) is 0 Å². The molecule has 1 aromatic carbocycles. The van der Waals surface area contributed by atoms with Crippen LogP contribution in [0.3, 0.4) is 0 Å². The van der Waals surface area contributed by atoms with Crippen molar-refractivity contribution in [2.24, 2.45) is 0 Å². The van der Waals surface area contributed by atoms with Crippen molar-refractivity contribution >= 4 is 23.3 Å². The van der Waals surface area contributed by atoms with Crippen molar-refractivity contribution in [1.29, 1.82) is 0 Å². The molecule has 0 saturated carbocycles. The third-order valence-electron chi connectivity index (χ3n) is 2.38. The van der Waals surface area contributed by atoms with E-state index in [-0.39, 0.29) is 17.8 Å². The molecule has 0 aromatic heterocycles. The van der Waals surface area contributed by atoms with Gasteiger partial charge in [0.15, 0.2) is 5.78 Å². The number of ketones is 1. The lowest BCUT2D eigenvalue weighted by Crippen LogP contribution is -2.28. The Morgan fingerprint density at radius 2 is 1.86 bits per heavy atom. The van der Waals surface area contributed by atoms with E-state index in [1.807, 2.05) is 0 Å². The fourth-order valence-corrected chi connectivity index (χ4v) is 1.29. The first kappa shape index (κ1) is 16.0. The molecule has 0 aliphatic carbocycles. The Labute approximate surface area is 119 Å². The number of nitrogens with one attached hydrogen (secondary N) is 1. The SMILES string of the molecule is COC(=O)CNC(=O)/C=C/C(=O)c1ccc([N+](=O)[O-])cc1. The van der Waals surface area contributed by atoms with Gasteiger partial charge >= 0.3 is 5.97 Å². The number of hydrogen-bond donors (Lipinski definition) is 1. The molecule has 0 saturated heterocycles. The summed E-state index contributed by atoms with van der Waals surface area (Å²) in [6.07, 6.45) is 1.97. The largest absolute Gasteiger partial charge is 0.468 e. The molecule has 1 N–H and O–H groups in total. The number of ether oxygens (including phenoxy) is 1. The number of non-ortho nitro benzene ring substituents is 1. The van der Waals surface area contributed by atoms with E-state index in [0.717, 1.165) is 12.2 Å². The number of nitro groups is 1. The van der Waals surface area contributed by atoms with E-state index in [9.17, 15) is 24.5 Å². The van der Waals surface area contributed by atoms with Crippen molar-refractivity contribution in [2.45, 2.75) is 0 Å². The number of allylic oxidation sites excluding steroid dienone is 1. The van der Waals surface area contributed by atoms with Crippen molar-refractivity contribution in [3.63, 3.8) is 0 Å². The fourth-order valence-electron chi connectivity index (χ4n) is 1.29. The molecule has 1 amide bonds. The van der Waals surface area contributed by atoms with Gasteiger partial charge in [-0.3, -0.25) is 24.5 Å². The highest BCUT2D eigenvalue weighted by atomic mass is 16.6. The number of nitrogens with zero attached hydrogens (tertiary/aromatic N) is 1. The minimum absolute atomic E-state index is 0.133. The molecule has 0 unspecified atom stereocenters. The van der Waals surface area contributed by atoms with E-state index >= 15 is 0 Å². The van der Waals surface area contributed by atoms with Crippen LogP contribution in [0.1, 0.15) is 10.4 Å². The molecule has 0 bridgehead atoms. The summed E-state index contributed by atoms with van der Waals surface area (Å²) >= 11 is 0. The highest BCUT2D eigenvalue weighted by Gasteiger charge is 2.08. The molecule has 0 atom stereocenters. The maximum atomic E-state index is 11.7. The summed E-state index contributed by atoms with van der Waals surface area (Å²) in [7, 11) is 1.18. The minimum Gasteiger partial charge on any atom is -0.468 e. The third kappa shape index (κ3) is 5.23. The first-order valence-electron chi connectivity index (χ1n) is 5.75. The minimum atomic E-state index is -0.629. The summed E-state index contributed by atoms with van der Waals surface area (Å²) in [5, 5.41) is 12.7. The van der Waals surface area contributed by atoms with Gasteiger partial charge in [0.05, 0.1) is 12.0 Å². The first-order chi connectivity index (χ1) is 9.93. The highest BCUT2D eigenvalue weighted by Crippen LogP contribution is 2.12. The molecule has 1 rings (SSSR count). The van der Waals surface area contributed by atoms with E-state index < -0.39 is 22.6 Å². The van der Waals surface area contributed by atoms with Gasteiger partial charge in [0.2, 0.25) is 5.91 Å². The van der Waals surface area contributed by atoms with E-state index in [0.29, 0.717) is 0 Å². The number of rotatable bonds is 6. The van der Waals surface area contributed by atoms with Gasteiger partial charge in [0.1, 0.15) is 6.54 Å². The van der Waals surface area contributed by atoms with Crippen molar-refractivity contribution in [3.05, 3.63) is 52.1 Å². The molecular weight excluding hydrogens is 280 g/mol. The summed E-state index contributed by atoms with van der Waals surface area (Å²) < 4.78 is 4.33. The molecule has 0 spiro atoms. The number of amides is 1. The number of carbonyl (C=O) groups excluding carboxylic acids is 3. The van der Waals surface area contributed by atoms with Crippen LogP contribution in [-0.2, 0) is 14.3 Å². The maximum absolute atomic E-state index is 11.7. The van der Waals surface area contributed by atoms with E-state index in [1.165, 1.54) is 31.4 Å². The Hall–Kier alpha value is -3.03. The molecule has 1 aromatic rings. The van der Waals surface area contributed by atoms with Gasteiger partial charge < -0.3 is 10.1 Å². The summed E-state index contributed by atoms with van der Waals surface area (Å²) in [6.45, 7) is -0.300. The number of esters is 1. The topological polar surface area (TPSA) is 116 Å². The Balaban J connectivity index is 2.59. The van der Waals surface area contributed by atoms with Gasteiger partial charge in [-0.25, -0.2) is 0 Å². The van der Waals surface area contributed by atoms with Gasteiger partial charge in [-0.15, -0.1) is 0 Å². The molecule has 0 heterocycles. The van der Waals surface area contributed by atoms with Crippen LogP contribution in [0.15, 0.2) is 36.4 Å². The summed E-state index contributed by atoms with van der Waals surface area (Å²) in [6, 6.07) is 4.96. The quantitative estimate of drug-likeness (QED) is 0.270. The zero-order chi connectivity index (χ0) is 15.8. The smallest absolute Gasteiger partial charge is 0.325 e. The second-order valence-corrected chi connectivity index (χ2v) is 3.80. The van der Waals surface area contributed by atoms with Gasteiger partial charge in [-0.2, -0.15) is 0 Å². The molecule has 0 radical (unpaired) electrons. The Bertz CT molecular complexity index is 591. The van der Waals surface area contributed by atoms with Crippen LogP contribution < -0.4 is 5.32 Å². The number of nitro benzene ring substituents is 1. The summed E-state index contributed by atoms with van der Waals surface area (Å²) in [4.78, 5) is 43.7. The van der Waals surface area contributed by atoms with Crippen LogP contribution in [0.4, 0.5) is 5.69 Å². The average Bonchev–Trinajstić information content (AvgIpc) is 2.50. The zero-order valence-electron chi connectivity index (χ0n) is 11.1. The van der Waals surface area contributed by atoms with Crippen LogP contribution >= 0.6 is 0 Å². The van der Waals surface area contributed by atoms with E-state index in [1.54, 1.807) is 0 Å². The first-order valence-corrected chi connectivity index (χ1v) is 5.75. The second kappa shape index (κ2) is 7.53. The molecular formula is C13H12N2O6. The third-order valence-corrected chi connectivity index (χ3v) is 2.38. The maximum Gasteiger partial charge on any atom is 0.325 e. The highest BCUT2D eigenvalue weighted by molar-refractivity contribution is 6.07. The molecule has 0 fully saturated rings. The summed E-state index contributed by atoms with van der Waals surface area (Å²) in [5.41, 5.74) is 0.0731. The monoisotopic (exact) mass is 292 g/mol. The number of benzene rings is 1. The normalized spacial score (nSPS) is 10.1. The predicted octanol–water partition coefficient (Wildman–Crippen LogP) is 0.623. The molecule has 8 nitrogen and oxygen atoms in total. The van der Waals surface area contributed by atoms with Crippen LogP contribution in [0, 0.1) is 10.1 Å². The fraction of sp³-hybridized carbons (Fsp3) is 0.154. The lowest BCUT2D eigenvalue weighted by atomic mass is 10.1. The Kier molecular flexibility index (Phi) is 5.75. The van der Waals surface area contributed by atoms with E-state index in [4.69, 9.17) is 0 Å². The lowest BCUT2D eigenvalue weighted by Gasteiger charge is -1.99. The number of methoxy groups -OCH3 is 1. The molecule has 21 heavy (non-hydrogen) atoms.